The van der Waals surface area contributed by atoms with Crippen LogP contribution < -0.4 is 4.74 Å². The number of thiocarbonyl (C=S) groups is 1. The molecule has 1 saturated heterocycles. The second kappa shape index (κ2) is 7.68. The quantitative estimate of drug-likeness (QED) is 0.562. The molecule has 1 aliphatic heterocycles. The van der Waals surface area contributed by atoms with Gasteiger partial charge >= 0.3 is 0 Å². The maximum Gasteiger partial charge on any atom is 0.266 e. The maximum atomic E-state index is 12.5. The highest BCUT2D eigenvalue weighted by Crippen LogP contribution is 2.33. The van der Waals surface area contributed by atoms with Gasteiger partial charge in [0.05, 0.1) is 24.3 Å². The summed E-state index contributed by atoms with van der Waals surface area (Å²) in [7, 11) is 0. The third-order valence-electron chi connectivity index (χ3n) is 3.42. The summed E-state index contributed by atoms with van der Waals surface area (Å²) in [6.07, 6.45) is 4.41. The molecule has 1 aromatic heterocycles. The van der Waals surface area contributed by atoms with Crippen molar-refractivity contribution in [3.63, 3.8) is 0 Å². The summed E-state index contributed by atoms with van der Waals surface area (Å²) >= 11 is 6.63. The van der Waals surface area contributed by atoms with Gasteiger partial charge in [-0.2, -0.15) is 0 Å². The second-order valence-electron chi connectivity index (χ2n) is 5.26. The fourth-order valence-corrected chi connectivity index (χ4v) is 3.48. The van der Waals surface area contributed by atoms with Gasteiger partial charge in [0.15, 0.2) is 0 Å². The number of ether oxygens (including phenoxy) is 1. The van der Waals surface area contributed by atoms with E-state index in [2.05, 4.69) is 6.92 Å². The van der Waals surface area contributed by atoms with Crippen molar-refractivity contribution >= 4 is 40.3 Å². The standard InChI is InChI=1S/C18H17NO3S2/c1-2-9-21-14-7-5-13(6-8-14)11-16-17(20)19(18(23)24-16)12-15-4-3-10-22-15/h3-8,10-11H,2,9,12H2,1H3. The van der Waals surface area contributed by atoms with Crippen LogP contribution in [0.15, 0.2) is 52.0 Å². The van der Waals surface area contributed by atoms with Crippen LogP contribution in [0.5, 0.6) is 5.75 Å². The van der Waals surface area contributed by atoms with Gasteiger partial charge in [-0.25, -0.2) is 0 Å². The molecule has 24 heavy (non-hydrogen) atoms. The number of nitrogens with zero attached hydrogens (tertiary/aromatic N) is 1. The predicted molar refractivity (Wildman–Crippen MR) is 99.7 cm³/mol. The van der Waals surface area contributed by atoms with Gasteiger partial charge in [0.2, 0.25) is 0 Å². The van der Waals surface area contributed by atoms with E-state index >= 15 is 0 Å². The summed E-state index contributed by atoms with van der Waals surface area (Å²) < 4.78 is 11.4. The number of carbonyl (C=O) groups is 1. The van der Waals surface area contributed by atoms with Gasteiger partial charge in [-0.15, -0.1) is 0 Å². The smallest absolute Gasteiger partial charge is 0.266 e. The van der Waals surface area contributed by atoms with Crippen LogP contribution in [0.25, 0.3) is 6.08 Å². The molecule has 0 aliphatic carbocycles. The molecule has 4 nitrogen and oxygen atoms in total. The normalized spacial score (nSPS) is 16.2. The molecule has 0 atom stereocenters. The molecule has 1 aromatic carbocycles. The van der Waals surface area contributed by atoms with Crippen LogP contribution in [0.1, 0.15) is 24.7 Å². The van der Waals surface area contributed by atoms with E-state index in [1.165, 1.54) is 11.8 Å². The molecular formula is C18H17NO3S2. The molecule has 1 aliphatic rings. The molecule has 2 aromatic rings. The van der Waals surface area contributed by atoms with E-state index in [0.29, 0.717) is 28.1 Å². The van der Waals surface area contributed by atoms with Crippen LogP contribution in [0.3, 0.4) is 0 Å². The predicted octanol–water partition coefficient (Wildman–Crippen LogP) is 4.47. The molecule has 1 fully saturated rings. The van der Waals surface area contributed by atoms with Crippen LogP contribution in [-0.2, 0) is 11.3 Å². The zero-order chi connectivity index (χ0) is 16.9. The van der Waals surface area contributed by atoms with E-state index in [1.54, 1.807) is 17.2 Å². The summed E-state index contributed by atoms with van der Waals surface area (Å²) in [6.45, 7) is 3.13. The molecule has 0 spiro atoms. The minimum Gasteiger partial charge on any atom is -0.494 e. The Kier molecular flexibility index (Phi) is 5.37. The lowest BCUT2D eigenvalue weighted by atomic mass is 10.2. The second-order valence-corrected chi connectivity index (χ2v) is 6.94. The van der Waals surface area contributed by atoms with Crippen molar-refractivity contribution in [3.8, 4) is 5.75 Å². The largest absolute Gasteiger partial charge is 0.494 e. The molecule has 0 unspecified atom stereocenters. The highest BCUT2D eigenvalue weighted by Gasteiger charge is 2.32. The fraction of sp³-hybridized carbons (Fsp3) is 0.222. The maximum absolute atomic E-state index is 12.5. The first-order valence-electron chi connectivity index (χ1n) is 7.68. The molecular weight excluding hydrogens is 342 g/mol. The van der Waals surface area contributed by atoms with Crippen molar-refractivity contribution in [2.24, 2.45) is 0 Å². The SMILES string of the molecule is CCCOc1ccc(C=C2SC(=S)N(Cc3ccco3)C2=O)cc1. The Hall–Kier alpha value is -2.05. The highest BCUT2D eigenvalue weighted by molar-refractivity contribution is 8.26. The number of carbonyl (C=O) groups excluding carboxylic acids is 1. The van der Waals surface area contributed by atoms with Crippen molar-refractivity contribution in [3.05, 3.63) is 58.9 Å². The van der Waals surface area contributed by atoms with Crippen LogP contribution in [0.2, 0.25) is 0 Å². The summed E-state index contributed by atoms with van der Waals surface area (Å²) in [5.41, 5.74) is 0.942. The minimum absolute atomic E-state index is 0.0901. The van der Waals surface area contributed by atoms with Crippen molar-refractivity contribution in [1.29, 1.82) is 0 Å². The lowest BCUT2D eigenvalue weighted by Gasteiger charge is -2.11. The molecule has 2 heterocycles. The van der Waals surface area contributed by atoms with Crippen molar-refractivity contribution in [2.75, 3.05) is 6.61 Å². The lowest BCUT2D eigenvalue weighted by Crippen LogP contribution is -2.27. The average molecular weight is 359 g/mol. The first kappa shape index (κ1) is 16.8. The molecule has 0 saturated carbocycles. The number of hydrogen-bond donors (Lipinski definition) is 0. The minimum atomic E-state index is -0.0901. The van der Waals surface area contributed by atoms with E-state index in [9.17, 15) is 4.79 Å². The third kappa shape index (κ3) is 3.88. The van der Waals surface area contributed by atoms with Crippen LogP contribution in [-0.4, -0.2) is 21.7 Å². The number of furan rings is 1. The number of rotatable bonds is 6. The van der Waals surface area contributed by atoms with Gasteiger partial charge in [0, 0.05) is 0 Å². The summed E-state index contributed by atoms with van der Waals surface area (Å²) in [5.74, 6) is 1.46. The van der Waals surface area contributed by atoms with Crippen LogP contribution in [0, 0.1) is 0 Å². The Morgan fingerprint density at radius 2 is 2.08 bits per heavy atom. The highest BCUT2D eigenvalue weighted by atomic mass is 32.2. The first-order valence-corrected chi connectivity index (χ1v) is 8.90. The fourth-order valence-electron chi connectivity index (χ4n) is 2.23. The molecule has 124 valence electrons. The van der Waals surface area contributed by atoms with Gasteiger partial charge in [-0.05, 0) is 42.3 Å². The zero-order valence-electron chi connectivity index (χ0n) is 13.2. The Morgan fingerprint density at radius 3 is 2.75 bits per heavy atom. The van der Waals surface area contributed by atoms with E-state index < -0.39 is 0 Å². The molecule has 0 radical (unpaired) electrons. The number of amides is 1. The Morgan fingerprint density at radius 1 is 1.29 bits per heavy atom. The average Bonchev–Trinajstić information content (AvgIpc) is 3.19. The molecule has 3 rings (SSSR count). The first-order chi connectivity index (χ1) is 11.7. The molecule has 0 N–H and O–H groups in total. The monoisotopic (exact) mass is 359 g/mol. The zero-order valence-corrected chi connectivity index (χ0v) is 14.9. The van der Waals surface area contributed by atoms with E-state index in [0.717, 1.165) is 17.7 Å². The Labute approximate surface area is 150 Å². The van der Waals surface area contributed by atoms with Gasteiger partial charge < -0.3 is 9.15 Å². The summed E-state index contributed by atoms with van der Waals surface area (Å²) in [4.78, 5) is 14.7. The van der Waals surface area contributed by atoms with Gasteiger partial charge in [-0.1, -0.05) is 43.0 Å². The Balaban J connectivity index is 1.71. The Bertz CT molecular complexity index is 751. The van der Waals surface area contributed by atoms with Crippen LogP contribution in [0.4, 0.5) is 0 Å². The molecule has 6 heteroatoms. The van der Waals surface area contributed by atoms with E-state index in [-0.39, 0.29) is 5.91 Å². The van der Waals surface area contributed by atoms with Gasteiger partial charge in [0.1, 0.15) is 15.8 Å². The lowest BCUT2D eigenvalue weighted by molar-refractivity contribution is -0.122. The molecule has 1 amide bonds. The van der Waals surface area contributed by atoms with Crippen molar-refractivity contribution < 1.29 is 13.9 Å². The third-order valence-corrected chi connectivity index (χ3v) is 4.80. The van der Waals surface area contributed by atoms with E-state index in [1.807, 2.05) is 36.4 Å². The van der Waals surface area contributed by atoms with Crippen molar-refractivity contribution in [1.82, 2.24) is 4.90 Å². The van der Waals surface area contributed by atoms with Gasteiger partial charge in [-0.3, -0.25) is 9.69 Å². The van der Waals surface area contributed by atoms with Crippen LogP contribution >= 0.6 is 24.0 Å². The summed E-state index contributed by atoms with van der Waals surface area (Å²) in [5, 5.41) is 0. The van der Waals surface area contributed by atoms with Gasteiger partial charge in [0.25, 0.3) is 5.91 Å². The number of thioether (sulfide) groups is 1. The number of benzene rings is 1. The van der Waals surface area contributed by atoms with Crippen molar-refractivity contribution in [2.45, 2.75) is 19.9 Å². The number of hydrogen-bond acceptors (Lipinski definition) is 5. The van der Waals surface area contributed by atoms with E-state index in [4.69, 9.17) is 21.4 Å². The molecule has 0 bridgehead atoms. The summed E-state index contributed by atoms with van der Waals surface area (Å²) in [6, 6.07) is 11.3. The topological polar surface area (TPSA) is 42.7 Å².